The minimum atomic E-state index is -2.46. The van der Waals surface area contributed by atoms with Crippen molar-refractivity contribution in [3.8, 4) is 0 Å². The summed E-state index contributed by atoms with van der Waals surface area (Å²) in [5.74, 6) is -5.29. The lowest BCUT2D eigenvalue weighted by Gasteiger charge is -2.42. The number of aliphatic hydroxyl groups excluding tert-OH is 1. The van der Waals surface area contributed by atoms with Gasteiger partial charge in [-0.2, -0.15) is 5.01 Å². The number of esters is 4. The molecule has 2 aromatic rings. The van der Waals surface area contributed by atoms with E-state index in [0.717, 1.165) is 49.6 Å². The minimum Gasteiger partial charge on any atom is -0.469 e. The molecule has 0 radical (unpaired) electrons. The molecule has 0 saturated carbocycles. The molecule has 1 saturated heterocycles. The molecule has 1 N–H and O–H groups in total. The summed E-state index contributed by atoms with van der Waals surface area (Å²) >= 11 is 0. The Morgan fingerprint density at radius 2 is 1.43 bits per heavy atom. The van der Waals surface area contributed by atoms with E-state index >= 15 is 0 Å². The number of hydrogen-bond acceptors (Lipinski definition) is 13. The largest absolute Gasteiger partial charge is 0.469 e. The zero-order valence-corrected chi connectivity index (χ0v) is 25.9. The molecule has 0 spiro atoms. The third kappa shape index (κ3) is 6.65. The molecule has 14 heteroatoms. The first-order chi connectivity index (χ1) is 22.1. The molecule has 46 heavy (non-hydrogen) atoms. The fraction of sp³-hybridized carbons (Fsp3) is 0.406. The van der Waals surface area contributed by atoms with Crippen molar-refractivity contribution in [2.45, 2.75) is 49.8 Å². The number of methoxy groups -OCH3 is 4. The Morgan fingerprint density at radius 1 is 0.848 bits per heavy atom. The Kier molecular flexibility index (Phi) is 11.2. The van der Waals surface area contributed by atoms with Crippen molar-refractivity contribution in [2.24, 2.45) is 0 Å². The quantitative estimate of drug-likeness (QED) is 0.230. The number of ether oxygens (including phenoxy) is 6. The number of carbonyl (C=O) groups is 5. The van der Waals surface area contributed by atoms with Crippen LogP contribution >= 0.6 is 0 Å². The maximum absolute atomic E-state index is 13.8. The molecule has 4 rings (SSSR count). The second kappa shape index (κ2) is 15.1. The Balaban J connectivity index is 1.83. The third-order valence-corrected chi connectivity index (χ3v) is 7.77. The van der Waals surface area contributed by atoms with Crippen LogP contribution in [0.4, 0.5) is 0 Å². The third-order valence-electron chi connectivity index (χ3n) is 7.77. The fourth-order valence-corrected chi connectivity index (χ4v) is 5.73. The van der Waals surface area contributed by atoms with Crippen LogP contribution in [0.2, 0.25) is 0 Å². The van der Waals surface area contributed by atoms with Gasteiger partial charge in [0.15, 0.2) is 11.2 Å². The smallest absolute Gasteiger partial charge is 0.356 e. The van der Waals surface area contributed by atoms with Gasteiger partial charge in [0.1, 0.15) is 17.8 Å². The second-order valence-corrected chi connectivity index (χ2v) is 10.5. The van der Waals surface area contributed by atoms with Crippen LogP contribution < -0.4 is 0 Å². The lowest BCUT2D eigenvalue weighted by Crippen LogP contribution is -2.63. The highest BCUT2D eigenvalue weighted by atomic mass is 16.5. The van der Waals surface area contributed by atoms with Gasteiger partial charge in [0.05, 0.1) is 60.7 Å². The summed E-state index contributed by atoms with van der Waals surface area (Å²) in [5.41, 5.74) is -2.21. The average Bonchev–Trinajstić information content (AvgIpc) is 3.57. The lowest BCUT2D eigenvalue weighted by molar-refractivity contribution is -0.182. The summed E-state index contributed by atoms with van der Waals surface area (Å²) in [6, 6.07) is 17.0. The first-order valence-corrected chi connectivity index (χ1v) is 14.3. The summed E-state index contributed by atoms with van der Waals surface area (Å²) in [7, 11) is 4.10. The summed E-state index contributed by atoms with van der Waals surface area (Å²) in [5, 5.41) is 13.4. The Morgan fingerprint density at radius 3 is 1.98 bits per heavy atom. The van der Waals surface area contributed by atoms with Crippen LogP contribution in [0.15, 0.2) is 71.9 Å². The summed E-state index contributed by atoms with van der Waals surface area (Å²) < 4.78 is 31.8. The van der Waals surface area contributed by atoms with Crippen LogP contribution in [-0.2, 0) is 65.6 Å². The van der Waals surface area contributed by atoms with Crippen LogP contribution in [0.3, 0.4) is 0 Å². The Labute approximate surface area is 265 Å². The zero-order chi connectivity index (χ0) is 33.4. The maximum atomic E-state index is 13.8. The van der Waals surface area contributed by atoms with Crippen molar-refractivity contribution in [3.63, 3.8) is 0 Å². The highest BCUT2D eigenvalue weighted by molar-refractivity contribution is 6.12. The molecule has 1 fully saturated rings. The van der Waals surface area contributed by atoms with Gasteiger partial charge in [0.2, 0.25) is 5.91 Å². The van der Waals surface area contributed by atoms with Gasteiger partial charge in [-0.05, 0) is 11.1 Å². The van der Waals surface area contributed by atoms with Gasteiger partial charge in [0, 0.05) is 6.42 Å². The minimum absolute atomic E-state index is 0.0385. The van der Waals surface area contributed by atoms with E-state index in [4.69, 9.17) is 28.4 Å². The van der Waals surface area contributed by atoms with Crippen molar-refractivity contribution < 1.29 is 57.5 Å². The first kappa shape index (κ1) is 34.2. The maximum Gasteiger partial charge on any atom is 0.356 e. The normalized spacial score (nSPS) is 20.6. The number of aliphatic hydroxyl groups is 1. The highest BCUT2D eigenvalue weighted by Crippen LogP contribution is 2.49. The van der Waals surface area contributed by atoms with Gasteiger partial charge in [-0.3, -0.25) is 9.59 Å². The number of amides is 1. The lowest BCUT2D eigenvalue weighted by atomic mass is 9.83. The second-order valence-electron chi connectivity index (χ2n) is 10.5. The van der Waals surface area contributed by atoms with E-state index < -0.39 is 77.7 Å². The molecule has 2 aromatic carbocycles. The number of hydrazine groups is 1. The fourth-order valence-electron chi connectivity index (χ4n) is 5.73. The van der Waals surface area contributed by atoms with E-state index in [1.807, 2.05) is 36.4 Å². The van der Waals surface area contributed by atoms with Gasteiger partial charge in [0.25, 0.3) is 0 Å². The molecule has 1 amide bonds. The first-order valence-electron chi connectivity index (χ1n) is 14.3. The summed E-state index contributed by atoms with van der Waals surface area (Å²) in [4.78, 5) is 67.1. The molecule has 4 atom stereocenters. The number of benzene rings is 2. The number of nitrogens with zero attached hydrogens (tertiary/aromatic N) is 2. The summed E-state index contributed by atoms with van der Waals surface area (Å²) in [6.45, 7) is -0.156. The van der Waals surface area contributed by atoms with Crippen molar-refractivity contribution in [2.75, 3.05) is 35.0 Å². The van der Waals surface area contributed by atoms with Crippen LogP contribution in [0.1, 0.15) is 24.0 Å². The molecule has 2 heterocycles. The molecular weight excluding hydrogens is 604 g/mol. The van der Waals surface area contributed by atoms with E-state index in [1.54, 1.807) is 24.3 Å². The topological polar surface area (TPSA) is 167 Å². The number of rotatable bonds is 14. The molecule has 0 aromatic heterocycles. The molecule has 0 bridgehead atoms. The van der Waals surface area contributed by atoms with Crippen molar-refractivity contribution >= 4 is 29.8 Å². The Bertz CT molecular complexity index is 1460. The van der Waals surface area contributed by atoms with Gasteiger partial charge in [-0.1, -0.05) is 60.7 Å². The number of hydrogen-bond donors (Lipinski definition) is 1. The van der Waals surface area contributed by atoms with E-state index in [0.29, 0.717) is 0 Å². The molecule has 246 valence electrons. The zero-order valence-electron chi connectivity index (χ0n) is 25.9. The molecule has 2 aliphatic rings. The van der Waals surface area contributed by atoms with Gasteiger partial charge in [-0.25, -0.2) is 19.4 Å². The molecule has 1 unspecified atom stereocenters. The van der Waals surface area contributed by atoms with Gasteiger partial charge < -0.3 is 33.5 Å². The molecule has 0 aliphatic carbocycles. The molecule has 14 nitrogen and oxygen atoms in total. The predicted molar refractivity (Wildman–Crippen MR) is 157 cm³/mol. The van der Waals surface area contributed by atoms with Gasteiger partial charge in [-0.15, -0.1) is 0 Å². The predicted octanol–water partition coefficient (Wildman–Crippen LogP) is 1.06. The van der Waals surface area contributed by atoms with Crippen LogP contribution in [-0.4, -0.2) is 104 Å². The van der Waals surface area contributed by atoms with E-state index in [1.165, 1.54) is 0 Å². The van der Waals surface area contributed by atoms with Crippen molar-refractivity contribution in [1.82, 2.24) is 10.0 Å². The number of carbonyl (C=O) groups excluding carboxylic acids is 5. The van der Waals surface area contributed by atoms with E-state index in [9.17, 15) is 29.1 Å². The SMILES string of the molecule is COC(=O)C[C@@]1(C(=O)OC)C(C(=O)OC)=C(C(=O)OC)N2C(=O)CC([C@H](OCc3ccccc3)[C@@H](O)COCc3ccccc3)N21. The molecular formula is C32H36N2O12. The highest BCUT2D eigenvalue weighted by Gasteiger charge is 2.69. The number of fused-ring (bicyclic) bond motifs is 1. The Hall–Kier alpha value is -4.63. The van der Waals surface area contributed by atoms with Crippen LogP contribution in [0, 0.1) is 0 Å². The van der Waals surface area contributed by atoms with Gasteiger partial charge >= 0.3 is 23.9 Å². The van der Waals surface area contributed by atoms with Crippen LogP contribution in [0.5, 0.6) is 0 Å². The van der Waals surface area contributed by atoms with Crippen LogP contribution in [0.25, 0.3) is 0 Å². The van der Waals surface area contributed by atoms with Crippen molar-refractivity contribution in [3.05, 3.63) is 83.1 Å². The average molecular weight is 641 g/mol. The monoisotopic (exact) mass is 640 g/mol. The summed E-state index contributed by atoms with van der Waals surface area (Å²) in [6.07, 6.45) is -4.00. The van der Waals surface area contributed by atoms with Crippen molar-refractivity contribution in [1.29, 1.82) is 0 Å². The standard InChI is InChI=1S/C32H36N2O12/c1-41-25(37)16-32(31(40)44-4)26(29(38)42-2)27(30(39)43-3)33-24(36)15-22(34(32)33)28(46-18-21-13-9-6-10-14-21)23(35)19-45-17-20-11-7-5-8-12-20/h5-14,22-23,28,35H,15-19H2,1-4H3/t22?,23-,28-,32-/m0/s1. The van der Waals surface area contributed by atoms with E-state index in [-0.39, 0.29) is 19.8 Å². The van der Waals surface area contributed by atoms with E-state index in [2.05, 4.69) is 0 Å². The molecule has 2 aliphatic heterocycles.